The highest BCUT2D eigenvalue weighted by Crippen LogP contribution is 2.31. The van der Waals surface area contributed by atoms with Crippen molar-refractivity contribution >= 4 is 52.4 Å². The number of nitrogens with one attached hydrogen (secondary N) is 1. The van der Waals surface area contributed by atoms with Crippen LogP contribution in [0.25, 0.3) is 0 Å². The van der Waals surface area contributed by atoms with Gasteiger partial charge in [-0.15, -0.1) is 10.2 Å². The monoisotopic (exact) mass is 382 g/mol. The minimum absolute atomic E-state index is 0.0843. The first-order chi connectivity index (χ1) is 11.4. The lowest BCUT2D eigenvalue weighted by atomic mass is 10.1. The van der Waals surface area contributed by atoms with Crippen LogP contribution in [0.3, 0.4) is 0 Å². The van der Waals surface area contributed by atoms with Crippen LogP contribution < -0.4 is 11.1 Å². The van der Waals surface area contributed by atoms with Crippen molar-refractivity contribution < 1.29 is 9.59 Å². The van der Waals surface area contributed by atoms with Crippen LogP contribution in [0.4, 0.5) is 5.69 Å². The lowest BCUT2D eigenvalue weighted by Crippen LogP contribution is -2.23. The topological polar surface area (TPSA) is 98.0 Å². The van der Waals surface area contributed by atoms with Gasteiger partial charge in [-0.1, -0.05) is 53.1 Å². The van der Waals surface area contributed by atoms with Gasteiger partial charge in [0.25, 0.3) is 0 Å². The van der Waals surface area contributed by atoms with Gasteiger partial charge >= 0.3 is 0 Å². The number of carbonyl (C=O) groups is 2. The Bertz CT molecular complexity index is 728. The second kappa shape index (κ2) is 8.50. The summed E-state index contributed by atoms with van der Waals surface area (Å²) in [6.45, 7) is 5.76. The van der Waals surface area contributed by atoms with E-state index in [1.54, 1.807) is 0 Å². The largest absolute Gasteiger partial charge is 0.369 e. The molecule has 1 aromatic heterocycles. The summed E-state index contributed by atoms with van der Waals surface area (Å²) in [6.07, 6.45) is 0. The molecule has 0 radical (unpaired) electrons. The molecule has 9 heteroatoms. The van der Waals surface area contributed by atoms with Crippen LogP contribution in [0.15, 0.2) is 26.9 Å². The van der Waals surface area contributed by atoms with Crippen molar-refractivity contribution in [1.82, 2.24) is 10.2 Å². The van der Waals surface area contributed by atoms with Crippen molar-refractivity contribution in [2.45, 2.75) is 34.7 Å². The molecule has 0 saturated heterocycles. The number of benzene rings is 1. The van der Waals surface area contributed by atoms with Gasteiger partial charge in [-0.2, -0.15) is 0 Å². The molecule has 24 heavy (non-hydrogen) atoms. The van der Waals surface area contributed by atoms with Gasteiger partial charge < -0.3 is 11.1 Å². The molecule has 3 N–H and O–H groups in total. The quantitative estimate of drug-likeness (QED) is 0.715. The first-order valence-corrected chi connectivity index (χ1v) is 9.83. The summed E-state index contributed by atoms with van der Waals surface area (Å²) in [6, 6.07) is 5.89. The average Bonchev–Trinajstić information content (AvgIpc) is 2.96. The van der Waals surface area contributed by atoms with Crippen molar-refractivity contribution in [3.63, 3.8) is 0 Å². The summed E-state index contributed by atoms with van der Waals surface area (Å²) in [7, 11) is 0. The molecule has 0 spiro atoms. The number of primary amides is 1. The van der Waals surface area contributed by atoms with Gasteiger partial charge in [-0.25, -0.2) is 0 Å². The lowest BCUT2D eigenvalue weighted by Gasteiger charge is -2.14. The Morgan fingerprint density at radius 3 is 2.50 bits per heavy atom. The fourth-order valence-electron chi connectivity index (χ4n) is 1.88. The van der Waals surface area contributed by atoms with Gasteiger partial charge in [0, 0.05) is 5.69 Å². The predicted octanol–water partition coefficient (Wildman–Crippen LogP) is 2.85. The highest BCUT2D eigenvalue weighted by molar-refractivity contribution is 8.04. The minimum Gasteiger partial charge on any atom is -0.369 e. The summed E-state index contributed by atoms with van der Waals surface area (Å²) in [5, 5.41) is 10.7. The van der Waals surface area contributed by atoms with Gasteiger partial charge in [0.05, 0.1) is 11.0 Å². The molecule has 2 aromatic rings. The Hall–Kier alpha value is -1.58. The number of nitrogens with zero attached hydrogens (tertiary/aromatic N) is 2. The second-order valence-corrected chi connectivity index (χ2v) is 8.89. The average molecular weight is 383 g/mol. The Morgan fingerprint density at radius 2 is 1.88 bits per heavy atom. The van der Waals surface area contributed by atoms with Crippen LogP contribution in [0.5, 0.6) is 0 Å². The van der Waals surface area contributed by atoms with Crippen LogP contribution in [-0.4, -0.2) is 33.0 Å². The van der Waals surface area contributed by atoms with E-state index in [9.17, 15) is 9.59 Å². The molecule has 0 aliphatic carbocycles. The molecule has 6 nitrogen and oxygen atoms in total. The molecule has 1 aromatic carbocycles. The van der Waals surface area contributed by atoms with Crippen LogP contribution in [-0.2, 0) is 9.59 Å². The van der Waals surface area contributed by atoms with Crippen LogP contribution >= 0.6 is 34.9 Å². The second-order valence-electron chi connectivity index (χ2n) is 5.11. The number of amides is 2. The van der Waals surface area contributed by atoms with E-state index < -0.39 is 5.91 Å². The third-order valence-electron chi connectivity index (χ3n) is 3.10. The SMILES string of the molecule is Cc1cccc(C)c1NC(=O)C(C)Sc1nnc(SCC(N)=O)s1. The van der Waals surface area contributed by atoms with E-state index >= 15 is 0 Å². The number of anilines is 1. The van der Waals surface area contributed by atoms with Gasteiger partial charge in [-0.05, 0) is 31.9 Å². The molecule has 1 unspecified atom stereocenters. The summed E-state index contributed by atoms with van der Waals surface area (Å²) < 4.78 is 1.35. The summed E-state index contributed by atoms with van der Waals surface area (Å²) in [5.41, 5.74) is 8.01. The Kier molecular flexibility index (Phi) is 6.64. The molecule has 128 valence electrons. The Labute approximate surface area is 153 Å². The molecule has 2 rings (SSSR count). The number of para-hydroxylation sites is 1. The number of hydrogen-bond acceptors (Lipinski definition) is 7. The molecule has 1 heterocycles. The molecular formula is C15H18N4O2S3. The molecule has 0 fully saturated rings. The summed E-state index contributed by atoms with van der Waals surface area (Å²) in [5.74, 6) is -0.313. The van der Waals surface area contributed by atoms with E-state index in [-0.39, 0.29) is 16.9 Å². The number of thioether (sulfide) groups is 2. The van der Waals surface area contributed by atoms with E-state index in [4.69, 9.17) is 5.73 Å². The van der Waals surface area contributed by atoms with E-state index in [1.807, 2.05) is 39.0 Å². The van der Waals surface area contributed by atoms with Gasteiger partial charge in [0.1, 0.15) is 0 Å². The molecule has 0 saturated carbocycles. The zero-order valence-electron chi connectivity index (χ0n) is 13.5. The first-order valence-electron chi connectivity index (χ1n) is 7.15. The zero-order chi connectivity index (χ0) is 17.7. The molecule has 2 amide bonds. The van der Waals surface area contributed by atoms with E-state index in [0.29, 0.717) is 8.68 Å². The first kappa shape index (κ1) is 18.8. The fourth-order valence-corrected chi connectivity index (χ4v) is 4.78. The van der Waals surface area contributed by atoms with Crippen molar-refractivity contribution in [1.29, 1.82) is 0 Å². The molecule has 0 aliphatic rings. The maximum Gasteiger partial charge on any atom is 0.237 e. The number of rotatable bonds is 7. The zero-order valence-corrected chi connectivity index (χ0v) is 16.0. The van der Waals surface area contributed by atoms with Crippen molar-refractivity contribution in [3.05, 3.63) is 29.3 Å². The Morgan fingerprint density at radius 1 is 1.25 bits per heavy atom. The van der Waals surface area contributed by atoms with Crippen molar-refractivity contribution in [2.24, 2.45) is 5.73 Å². The van der Waals surface area contributed by atoms with E-state index in [1.165, 1.54) is 34.9 Å². The van der Waals surface area contributed by atoms with Crippen molar-refractivity contribution in [2.75, 3.05) is 11.1 Å². The summed E-state index contributed by atoms with van der Waals surface area (Å²) in [4.78, 5) is 23.2. The normalized spacial score (nSPS) is 12.0. The van der Waals surface area contributed by atoms with E-state index in [0.717, 1.165) is 16.8 Å². The van der Waals surface area contributed by atoms with Gasteiger partial charge in [0.15, 0.2) is 8.68 Å². The number of aryl methyl sites for hydroxylation is 2. The van der Waals surface area contributed by atoms with Crippen LogP contribution in [0, 0.1) is 13.8 Å². The van der Waals surface area contributed by atoms with Gasteiger partial charge in [-0.3, -0.25) is 9.59 Å². The third-order valence-corrected chi connectivity index (χ3v) is 6.37. The molecule has 1 atom stereocenters. The molecule has 0 aliphatic heterocycles. The molecular weight excluding hydrogens is 364 g/mol. The maximum absolute atomic E-state index is 12.4. The minimum atomic E-state index is -0.397. The van der Waals surface area contributed by atoms with Crippen LogP contribution in [0.1, 0.15) is 18.1 Å². The van der Waals surface area contributed by atoms with Crippen LogP contribution in [0.2, 0.25) is 0 Å². The number of carbonyl (C=O) groups excluding carboxylic acids is 2. The number of nitrogens with two attached hydrogens (primary N) is 1. The Balaban J connectivity index is 1.95. The standard InChI is InChI=1S/C15H18N4O2S3/c1-8-5-4-6-9(2)12(8)17-13(21)10(3)23-15-19-18-14(24-15)22-7-11(16)20/h4-6,10H,7H2,1-3H3,(H2,16,20)(H,17,21). The third kappa shape index (κ3) is 5.22. The van der Waals surface area contributed by atoms with E-state index in [2.05, 4.69) is 15.5 Å². The highest BCUT2D eigenvalue weighted by atomic mass is 32.2. The van der Waals surface area contributed by atoms with Gasteiger partial charge in [0.2, 0.25) is 11.8 Å². The lowest BCUT2D eigenvalue weighted by molar-refractivity contribution is -0.116. The molecule has 0 bridgehead atoms. The summed E-state index contributed by atoms with van der Waals surface area (Å²) >= 11 is 3.94. The van der Waals surface area contributed by atoms with Crippen molar-refractivity contribution in [3.8, 4) is 0 Å². The highest BCUT2D eigenvalue weighted by Gasteiger charge is 2.18. The number of aromatic nitrogens is 2. The number of hydrogen-bond donors (Lipinski definition) is 2. The smallest absolute Gasteiger partial charge is 0.237 e. The fraction of sp³-hybridized carbons (Fsp3) is 0.333. The predicted molar refractivity (Wildman–Crippen MR) is 99.7 cm³/mol. The maximum atomic E-state index is 12.4.